The van der Waals surface area contributed by atoms with Crippen LogP contribution in [0.4, 0.5) is 0 Å². The van der Waals surface area contributed by atoms with E-state index in [-0.39, 0.29) is 5.69 Å². The SMILES string of the molecule is Cc1c(C(=O)N2CCC[C@H]2C(=O)O)nnn1-c1ccccc1Cl. The first kappa shape index (κ1) is 15.5. The second-order valence-electron chi connectivity index (χ2n) is 5.38. The fourth-order valence-corrected chi connectivity index (χ4v) is 3.00. The van der Waals surface area contributed by atoms with Crippen LogP contribution >= 0.6 is 11.6 Å². The number of rotatable bonds is 3. The van der Waals surface area contributed by atoms with Gasteiger partial charge in [0.2, 0.25) is 0 Å². The second-order valence-corrected chi connectivity index (χ2v) is 5.79. The molecular weight excluding hydrogens is 320 g/mol. The predicted molar refractivity (Wildman–Crippen MR) is 82.8 cm³/mol. The standard InChI is InChI=1S/C15H15ClN4O3/c1-9-13(14(21)19-8-4-7-12(19)15(22)23)17-18-20(9)11-6-3-2-5-10(11)16/h2-3,5-6,12H,4,7-8H2,1H3,(H,22,23)/t12-/m0/s1. The zero-order valence-electron chi connectivity index (χ0n) is 12.4. The Bertz CT molecular complexity index is 774. The second kappa shape index (κ2) is 6.00. The number of carbonyl (C=O) groups is 2. The number of aromatic nitrogens is 3. The Morgan fingerprint density at radius 1 is 1.35 bits per heavy atom. The summed E-state index contributed by atoms with van der Waals surface area (Å²) in [6.45, 7) is 2.12. The number of hydrogen-bond donors (Lipinski definition) is 1. The lowest BCUT2D eigenvalue weighted by Gasteiger charge is -2.20. The van der Waals surface area contributed by atoms with Crippen molar-refractivity contribution in [2.75, 3.05) is 6.54 Å². The van der Waals surface area contributed by atoms with Gasteiger partial charge >= 0.3 is 5.97 Å². The molecule has 2 heterocycles. The van der Waals surface area contributed by atoms with Gasteiger partial charge in [0, 0.05) is 6.54 Å². The third kappa shape index (κ3) is 2.68. The number of halogens is 1. The molecule has 1 fully saturated rings. The highest BCUT2D eigenvalue weighted by Gasteiger charge is 2.36. The molecule has 0 saturated carbocycles. The molecule has 0 radical (unpaired) electrons. The molecule has 2 aromatic rings. The smallest absolute Gasteiger partial charge is 0.326 e. The molecule has 0 bridgehead atoms. The molecule has 7 nitrogen and oxygen atoms in total. The molecule has 1 aromatic carbocycles. The van der Waals surface area contributed by atoms with Gasteiger partial charge in [-0.05, 0) is 31.9 Å². The minimum Gasteiger partial charge on any atom is -0.480 e. The Hall–Kier alpha value is -2.41. The van der Waals surface area contributed by atoms with E-state index in [4.69, 9.17) is 11.6 Å². The minimum atomic E-state index is -0.994. The van der Waals surface area contributed by atoms with Gasteiger partial charge in [0.05, 0.1) is 16.4 Å². The molecule has 1 saturated heterocycles. The number of carboxylic acids is 1. The molecule has 8 heteroatoms. The van der Waals surface area contributed by atoms with Crippen molar-refractivity contribution in [2.45, 2.75) is 25.8 Å². The third-order valence-electron chi connectivity index (χ3n) is 3.98. The maximum atomic E-state index is 12.6. The van der Waals surface area contributed by atoms with Gasteiger partial charge in [0.15, 0.2) is 5.69 Å². The van der Waals surface area contributed by atoms with Crippen LogP contribution in [0.1, 0.15) is 29.0 Å². The summed E-state index contributed by atoms with van der Waals surface area (Å²) in [4.78, 5) is 25.2. The number of para-hydroxylation sites is 1. The Kier molecular flexibility index (Phi) is 4.04. The van der Waals surface area contributed by atoms with Gasteiger partial charge in [-0.15, -0.1) is 5.10 Å². The van der Waals surface area contributed by atoms with E-state index in [1.165, 1.54) is 9.58 Å². The first-order chi connectivity index (χ1) is 11.0. The Balaban J connectivity index is 1.95. The quantitative estimate of drug-likeness (QED) is 0.926. The van der Waals surface area contributed by atoms with Crippen LogP contribution in [0.5, 0.6) is 0 Å². The van der Waals surface area contributed by atoms with Gasteiger partial charge in [0.1, 0.15) is 6.04 Å². The van der Waals surface area contributed by atoms with Crippen molar-refractivity contribution in [3.63, 3.8) is 0 Å². The number of nitrogens with zero attached hydrogens (tertiary/aromatic N) is 4. The molecular formula is C15H15ClN4O3. The Labute approximate surface area is 137 Å². The molecule has 3 rings (SSSR count). The van der Waals surface area contributed by atoms with E-state index in [2.05, 4.69) is 10.3 Å². The summed E-state index contributed by atoms with van der Waals surface area (Å²) in [7, 11) is 0. The van der Waals surface area contributed by atoms with Crippen molar-refractivity contribution in [2.24, 2.45) is 0 Å². The van der Waals surface area contributed by atoms with Crippen molar-refractivity contribution in [3.05, 3.63) is 40.7 Å². The molecule has 120 valence electrons. The van der Waals surface area contributed by atoms with E-state index in [1.54, 1.807) is 25.1 Å². The summed E-state index contributed by atoms with van der Waals surface area (Å²) >= 11 is 6.15. The normalized spacial score (nSPS) is 17.5. The van der Waals surface area contributed by atoms with Gasteiger partial charge in [-0.2, -0.15) is 0 Å². The predicted octanol–water partition coefficient (Wildman–Crippen LogP) is 1.92. The maximum absolute atomic E-state index is 12.6. The van der Waals surface area contributed by atoms with E-state index in [0.29, 0.717) is 35.8 Å². The summed E-state index contributed by atoms with van der Waals surface area (Å²) < 4.78 is 1.49. The molecule has 1 amide bonds. The number of amides is 1. The van der Waals surface area contributed by atoms with Gasteiger partial charge in [0.25, 0.3) is 5.91 Å². The summed E-state index contributed by atoms with van der Waals surface area (Å²) in [5, 5.41) is 17.6. The number of likely N-dealkylation sites (tertiary alicyclic amines) is 1. The molecule has 0 unspecified atom stereocenters. The van der Waals surface area contributed by atoms with E-state index in [0.717, 1.165) is 0 Å². The number of carboxylic acid groups (broad SMARTS) is 1. The summed E-state index contributed by atoms with van der Waals surface area (Å²) in [5.74, 6) is -1.40. The molecule has 1 N–H and O–H groups in total. The molecule has 0 aliphatic carbocycles. The summed E-state index contributed by atoms with van der Waals surface area (Å²) in [6.07, 6.45) is 1.12. The van der Waals surface area contributed by atoms with Crippen molar-refractivity contribution in [1.29, 1.82) is 0 Å². The van der Waals surface area contributed by atoms with E-state index in [1.807, 2.05) is 6.07 Å². The lowest BCUT2D eigenvalue weighted by Crippen LogP contribution is -2.40. The van der Waals surface area contributed by atoms with Gasteiger partial charge < -0.3 is 10.0 Å². The summed E-state index contributed by atoms with van der Waals surface area (Å²) in [6, 6.07) is 6.30. The fraction of sp³-hybridized carbons (Fsp3) is 0.333. The van der Waals surface area contributed by atoms with E-state index in [9.17, 15) is 14.7 Å². The number of benzene rings is 1. The number of carbonyl (C=O) groups excluding carboxylic acids is 1. The highest BCUT2D eigenvalue weighted by molar-refractivity contribution is 6.32. The van der Waals surface area contributed by atoms with Gasteiger partial charge in [-0.25, -0.2) is 9.48 Å². The minimum absolute atomic E-state index is 0.151. The Morgan fingerprint density at radius 2 is 2.09 bits per heavy atom. The van der Waals surface area contributed by atoms with Crippen LogP contribution < -0.4 is 0 Å². The first-order valence-corrected chi connectivity index (χ1v) is 7.59. The zero-order valence-corrected chi connectivity index (χ0v) is 13.2. The van der Waals surface area contributed by atoms with E-state index < -0.39 is 17.9 Å². The third-order valence-corrected chi connectivity index (χ3v) is 4.30. The average molecular weight is 335 g/mol. The average Bonchev–Trinajstić information content (AvgIpc) is 3.14. The maximum Gasteiger partial charge on any atom is 0.326 e. The monoisotopic (exact) mass is 334 g/mol. The molecule has 23 heavy (non-hydrogen) atoms. The van der Waals surface area contributed by atoms with E-state index >= 15 is 0 Å². The van der Waals surface area contributed by atoms with Gasteiger partial charge in [-0.3, -0.25) is 4.79 Å². The molecule has 1 atom stereocenters. The molecule has 1 aromatic heterocycles. The van der Waals surface area contributed by atoms with Crippen LogP contribution in [0.15, 0.2) is 24.3 Å². The van der Waals surface area contributed by atoms with Gasteiger partial charge in [-0.1, -0.05) is 28.9 Å². The lowest BCUT2D eigenvalue weighted by molar-refractivity contribution is -0.141. The molecule has 1 aliphatic rings. The van der Waals surface area contributed by atoms with Crippen molar-refractivity contribution in [1.82, 2.24) is 19.9 Å². The first-order valence-electron chi connectivity index (χ1n) is 7.21. The van der Waals surface area contributed by atoms with Crippen molar-refractivity contribution >= 4 is 23.5 Å². The lowest BCUT2D eigenvalue weighted by atomic mass is 10.2. The molecule has 1 aliphatic heterocycles. The molecule has 0 spiro atoms. The van der Waals surface area contributed by atoms with Crippen molar-refractivity contribution < 1.29 is 14.7 Å². The van der Waals surface area contributed by atoms with Crippen LogP contribution in [0.3, 0.4) is 0 Å². The highest BCUT2D eigenvalue weighted by atomic mass is 35.5. The van der Waals surface area contributed by atoms with Crippen LogP contribution in [0.25, 0.3) is 5.69 Å². The van der Waals surface area contributed by atoms with Crippen LogP contribution in [0.2, 0.25) is 5.02 Å². The topological polar surface area (TPSA) is 88.3 Å². The Morgan fingerprint density at radius 3 is 2.78 bits per heavy atom. The highest BCUT2D eigenvalue weighted by Crippen LogP contribution is 2.24. The fourth-order valence-electron chi connectivity index (χ4n) is 2.78. The van der Waals surface area contributed by atoms with Crippen molar-refractivity contribution in [3.8, 4) is 5.69 Å². The number of aliphatic carboxylic acids is 1. The van der Waals surface area contributed by atoms with Crippen LogP contribution in [-0.2, 0) is 4.79 Å². The van der Waals surface area contributed by atoms with Crippen LogP contribution in [-0.4, -0.2) is 49.5 Å². The largest absolute Gasteiger partial charge is 0.480 e. The number of hydrogen-bond acceptors (Lipinski definition) is 4. The van der Waals surface area contributed by atoms with Crippen LogP contribution in [0, 0.1) is 6.92 Å². The zero-order chi connectivity index (χ0) is 16.6. The summed E-state index contributed by atoms with van der Waals surface area (Å²) in [5.41, 5.74) is 1.30.